The first-order chi connectivity index (χ1) is 6.67. The monoisotopic (exact) mass is 228 g/mol. The van der Waals surface area contributed by atoms with Crippen molar-refractivity contribution in [1.29, 1.82) is 0 Å². The molecule has 0 aromatic heterocycles. The van der Waals surface area contributed by atoms with Gasteiger partial charge in [0.25, 0.3) is 0 Å². The van der Waals surface area contributed by atoms with Gasteiger partial charge in [0, 0.05) is 10.9 Å². The Kier molecular flexibility index (Phi) is 4.50. The summed E-state index contributed by atoms with van der Waals surface area (Å²) in [7, 11) is 0. The predicted octanol–water partition coefficient (Wildman–Crippen LogP) is 4.68. The highest BCUT2D eigenvalue weighted by molar-refractivity contribution is 6.31. The van der Waals surface area contributed by atoms with Crippen molar-refractivity contribution in [3.8, 4) is 0 Å². The van der Waals surface area contributed by atoms with E-state index >= 15 is 0 Å². The van der Waals surface area contributed by atoms with Gasteiger partial charge in [-0.05, 0) is 30.5 Å². The van der Waals surface area contributed by atoms with E-state index < -0.39 is 0 Å². The minimum Gasteiger partial charge on any atom is -0.122 e. The number of rotatable bonds is 3. The molecule has 0 saturated heterocycles. The quantitative estimate of drug-likeness (QED) is 0.660. The molecular formula is C12H14Cl2. The Balaban J connectivity index is 2.97. The van der Waals surface area contributed by atoms with E-state index in [0.717, 1.165) is 22.6 Å². The highest BCUT2D eigenvalue weighted by Gasteiger charge is 1.97. The van der Waals surface area contributed by atoms with Crippen LogP contribution in [0.2, 0.25) is 5.02 Å². The number of alkyl halides is 1. The Morgan fingerprint density at radius 2 is 2.14 bits per heavy atom. The van der Waals surface area contributed by atoms with Gasteiger partial charge < -0.3 is 0 Å². The van der Waals surface area contributed by atoms with Gasteiger partial charge in [-0.25, -0.2) is 0 Å². The van der Waals surface area contributed by atoms with Crippen LogP contribution in [-0.4, -0.2) is 5.88 Å². The van der Waals surface area contributed by atoms with Gasteiger partial charge >= 0.3 is 0 Å². The molecule has 0 aliphatic rings. The molecule has 1 aromatic carbocycles. The van der Waals surface area contributed by atoms with Crippen molar-refractivity contribution in [2.45, 2.75) is 20.3 Å². The van der Waals surface area contributed by atoms with Gasteiger partial charge in [-0.15, -0.1) is 11.6 Å². The molecule has 0 saturated carbocycles. The largest absolute Gasteiger partial charge is 0.122 e. The minimum atomic E-state index is 0.585. The maximum absolute atomic E-state index is 6.02. The van der Waals surface area contributed by atoms with Crippen molar-refractivity contribution < 1.29 is 0 Å². The molecule has 0 bridgehead atoms. The fraction of sp³-hybridized carbons (Fsp3) is 0.333. The number of aryl methyl sites for hydroxylation is 1. The molecule has 0 unspecified atom stereocenters. The topological polar surface area (TPSA) is 0 Å². The van der Waals surface area contributed by atoms with E-state index in [9.17, 15) is 0 Å². The van der Waals surface area contributed by atoms with Crippen LogP contribution in [0, 0.1) is 6.92 Å². The highest BCUT2D eigenvalue weighted by Crippen LogP contribution is 2.19. The van der Waals surface area contributed by atoms with E-state index in [1.165, 1.54) is 5.57 Å². The van der Waals surface area contributed by atoms with Crippen LogP contribution in [0.1, 0.15) is 24.5 Å². The van der Waals surface area contributed by atoms with Crippen molar-refractivity contribution in [3.63, 3.8) is 0 Å². The second-order valence-electron chi connectivity index (χ2n) is 3.30. The van der Waals surface area contributed by atoms with Crippen molar-refractivity contribution in [2.24, 2.45) is 0 Å². The van der Waals surface area contributed by atoms with Crippen LogP contribution in [0.25, 0.3) is 6.08 Å². The summed E-state index contributed by atoms with van der Waals surface area (Å²) in [5, 5.41) is 0.809. The van der Waals surface area contributed by atoms with Crippen LogP contribution in [0.4, 0.5) is 0 Å². The fourth-order valence-electron chi connectivity index (χ4n) is 1.17. The summed E-state index contributed by atoms with van der Waals surface area (Å²) < 4.78 is 0. The van der Waals surface area contributed by atoms with E-state index in [2.05, 4.69) is 19.1 Å². The second kappa shape index (κ2) is 5.43. The Morgan fingerprint density at radius 3 is 2.64 bits per heavy atom. The molecule has 0 aliphatic carbocycles. The fourth-order valence-corrected chi connectivity index (χ4v) is 1.62. The Morgan fingerprint density at radius 1 is 1.43 bits per heavy atom. The molecule has 0 aliphatic heterocycles. The van der Waals surface area contributed by atoms with E-state index in [-0.39, 0.29) is 0 Å². The normalized spacial score (nSPS) is 11.9. The number of halogens is 2. The summed E-state index contributed by atoms with van der Waals surface area (Å²) in [4.78, 5) is 0. The SMILES string of the molecule is CC/C(=C/c1ccc(C)c(Cl)c1)CCl. The predicted molar refractivity (Wildman–Crippen MR) is 65.2 cm³/mol. The van der Waals surface area contributed by atoms with Crippen molar-refractivity contribution in [2.75, 3.05) is 5.88 Å². The van der Waals surface area contributed by atoms with E-state index in [1.54, 1.807) is 0 Å². The first kappa shape index (κ1) is 11.6. The maximum atomic E-state index is 6.02. The molecule has 0 spiro atoms. The molecule has 0 N–H and O–H groups in total. The van der Waals surface area contributed by atoms with Gasteiger partial charge in [0.15, 0.2) is 0 Å². The molecule has 0 heterocycles. The van der Waals surface area contributed by atoms with Crippen LogP contribution >= 0.6 is 23.2 Å². The van der Waals surface area contributed by atoms with Gasteiger partial charge in [0.05, 0.1) is 0 Å². The second-order valence-corrected chi connectivity index (χ2v) is 3.97. The first-order valence-corrected chi connectivity index (χ1v) is 5.60. The van der Waals surface area contributed by atoms with Gasteiger partial charge in [-0.1, -0.05) is 42.3 Å². The number of hydrogen-bond acceptors (Lipinski definition) is 0. The Labute approximate surface area is 95.5 Å². The average Bonchev–Trinajstić information content (AvgIpc) is 2.19. The molecular weight excluding hydrogens is 215 g/mol. The average molecular weight is 229 g/mol. The Hall–Kier alpha value is -0.460. The van der Waals surface area contributed by atoms with Gasteiger partial charge in [0.1, 0.15) is 0 Å². The number of allylic oxidation sites excluding steroid dienone is 1. The zero-order chi connectivity index (χ0) is 10.6. The highest BCUT2D eigenvalue weighted by atomic mass is 35.5. The van der Waals surface area contributed by atoms with Gasteiger partial charge in [-0.3, -0.25) is 0 Å². The van der Waals surface area contributed by atoms with E-state index in [4.69, 9.17) is 23.2 Å². The van der Waals surface area contributed by atoms with Crippen LogP contribution < -0.4 is 0 Å². The third-order valence-electron chi connectivity index (χ3n) is 2.19. The number of hydrogen-bond donors (Lipinski definition) is 0. The van der Waals surface area contributed by atoms with Crippen LogP contribution in [0.15, 0.2) is 23.8 Å². The standard InChI is InChI=1S/C12H14Cl2/c1-3-10(8-13)6-11-5-4-9(2)12(14)7-11/h4-7H,3,8H2,1-2H3/b10-6-. The van der Waals surface area contributed by atoms with Crippen LogP contribution in [0.3, 0.4) is 0 Å². The summed E-state index contributed by atoms with van der Waals surface area (Å²) in [6.45, 7) is 4.10. The van der Waals surface area contributed by atoms with Crippen molar-refractivity contribution in [1.82, 2.24) is 0 Å². The lowest BCUT2D eigenvalue weighted by molar-refractivity contribution is 1.12. The third-order valence-corrected chi connectivity index (χ3v) is 2.94. The molecule has 0 atom stereocenters. The maximum Gasteiger partial charge on any atom is 0.0441 e. The molecule has 0 amide bonds. The molecule has 0 nitrogen and oxygen atoms in total. The molecule has 1 aromatic rings. The molecule has 1 rings (SSSR count). The molecule has 0 radical (unpaired) electrons. The molecule has 0 fully saturated rings. The zero-order valence-corrected chi connectivity index (χ0v) is 9.99. The summed E-state index contributed by atoms with van der Waals surface area (Å²) in [5.74, 6) is 0.585. The Bertz CT molecular complexity index is 334. The molecule has 2 heteroatoms. The summed E-state index contributed by atoms with van der Waals surface area (Å²) in [6.07, 6.45) is 3.08. The smallest absolute Gasteiger partial charge is 0.0441 e. The van der Waals surface area contributed by atoms with Crippen LogP contribution in [0.5, 0.6) is 0 Å². The summed E-state index contributed by atoms with van der Waals surface area (Å²) >= 11 is 11.8. The van der Waals surface area contributed by atoms with Crippen molar-refractivity contribution in [3.05, 3.63) is 39.9 Å². The van der Waals surface area contributed by atoms with Crippen LogP contribution in [-0.2, 0) is 0 Å². The first-order valence-electron chi connectivity index (χ1n) is 4.69. The lowest BCUT2D eigenvalue weighted by Crippen LogP contribution is -1.83. The zero-order valence-electron chi connectivity index (χ0n) is 8.48. The number of benzene rings is 1. The van der Waals surface area contributed by atoms with E-state index in [1.807, 2.05) is 19.1 Å². The minimum absolute atomic E-state index is 0.585. The molecule has 76 valence electrons. The lowest BCUT2D eigenvalue weighted by Gasteiger charge is -2.02. The summed E-state index contributed by atoms with van der Waals surface area (Å²) in [6, 6.07) is 6.05. The van der Waals surface area contributed by atoms with Crippen molar-refractivity contribution >= 4 is 29.3 Å². The summed E-state index contributed by atoms with van der Waals surface area (Å²) in [5.41, 5.74) is 3.46. The van der Waals surface area contributed by atoms with Gasteiger partial charge in [-0.2, -0.15) is 0 Å². The van der Waals surface area contributed by atoms with Gasteiger partial charge in [0.2, 0.25) is 0 Å². The lowest BCUT2D eigenvalue weighted by atomic mass is 10.1. The molecule has 14 heavy (non-hydrogen) atoms. The third kappa shape index (κ3) is 3.04. The van der Waals surface area contributed by atoms with E-state index in [0.29, 0.717) is 5.88 Å².